The first-order chi connectivity index (χ1) is 12.1. The zero-order valence-electron chi connectivity index (χ0n) is 17.2. The van der Waals surface area contributed by atoms with Crippen molar-refractivity contribution in [1.82, 2.24) is 0 Å². The Hall–Kier alpha value is -0.383. The normalized spacial score (nSPS) is 11.6. The average Bonchev–Trinajstić information content (AvgIpc) is 2.59. The Labute approximate surface area is 159 Å². The van der Waals surface area contributed by atoms with Crippen LogP contribution in [0.15, 0.2) is 25.3 Å². The minimum atomic E-state index is -1.90. The number of unbranched alkanes of at least 4 members (excludes halogenated alkanes) is 12. The number of hydrogen-bond acceptors (Lipinski definition) is 2. The molecule has 0 fully saturated rings. The summed E-state index contributed by atoms with van der Waals surface area (Å²) >= 11 is 0. The van der Waals surface area contributed by atoms with Crippen molar-refractivity contribution < 1.29 is 8.85 Å². The van der Waals surface area contributed by atoms with Crippen LogP contribution in [0, 0.1) is 0 Å². The third-order valence-corrected chi connectivity index (χ3v) is 6.30. The van der Waals surface area contributed by atoms with E-state index < -0.39 is 8.56 Å². The van der Waals surface area contributed by atoms with Crippen LogP contribution in [0.2, 0.25) is 13.1 Å². The van der Waals surface area contributed by atoms with Crippen molar-refractivity contribution >= 4 is 8.56 Å². The SMILES string of the molecule is C=CCCCCCCCCO[Si](C)(C)OCCCCCCCCC=C. The fourth-order valence-electron chi connectivity index (χ4n) is 2.87. The van der Waals surface area contributed by atoms with E-state index in [2.05, 4.69) is 26.3 Å². The van der Waals surface area contributed by atoms with Gasteiger partial charge in [0.15, 0.2) is 0 Å². The van der Waals surface area contributed by atoms with Gasteiger partial charge >= 0.3 is 8.56 Å². The van der Waals surface area contributed by atoms with E-state index in [9.17, 15) is 0 Å². The van der Waals surface area contributed by atoms with Crippen molar-refractivity contribution in [2.45, 2.75) is 103 Å². The molecule has 0 aliphatic rings. The second-order valence-electron chi connectivity index (χ2n) is 7.49. The zero-order chi connectivity index (χ0) is 18.6. The highest BCUT2D eigenvalue weighted by atomic mass is 28.4. The van der Waals surface area contributed by atoms with Crippen molar-refractivity contribution in [2.24, 2.45) is 0 Å². The summed E-state index contributed by atoms with van der Waals surface area (Å²) in [5.74, 6) is 0. The van der Waals surface area contributed by atoms with Crippen LogP contribution in [0.4, 0.5) is 0 Å². The molecule has 0 spiro atoms. The van der Waals surface area contributed by atoms with Gasteiger partial charge in [0.25, 0.3) is 0 Å². The summed E-state index contributed by atoms with van der Waals surface area (Å²) in [6.07, 6.45) is 21.9. The second kappa shape index (κ2) is 18.4. The number of rotatable bonds is 20. The third-order valence-electron chi connectivity index (χ3n) is 4.50. The van der Waals surface area contributed by atoms with Gasteiger partial charge in [0.2, 0.25) is 0 Å². The van der Waals surface area contributed by atoms with Crippen molar-refractivity contribution in [3.8, 4) is 0 Å². The minimum absolute atomic E-state index is 0.870. The van der Waals surface area contributed by atoms with E-state index in [0.29, 0.717) is 0 Å². The van der Waals surface area contributed by atoms with Crippen molar-refractivity contribution in [3.63, 3.8) is 0 Å². The zero-order valence-corrected chi connectivity index (χ0v) is 18.2. The average molecular weight is 369 g/mol. The summed E-state index contributed by atoms with van der Waals surface area (Å²) in [7, 11) is -1.90. The maximum Gasteiger partial charge on any atom is 0.331 e. The van der Waals surface area contributed by atoms with Crippen molar-refractivity contribution in [1.29, 1.82) is 0 Å². The van der Waals surface area contributed by atoms with Crippen LogP contribution < -0.4 is 0 Å². The number of allylic oxidation sites excluding steroid dienone is 2. The molecule has 2 nitrogen and oxygen atoms in total. The largest absolute Gasteiger partial charge is 0.395 e. The Bertz CT molecular complexity index is 274. The first-order valence-corrected chi connectivity index (χ1v) is 13.4. The molecule has 0 aliphatic carbocycles. The molecule has 0 N–H and O–H groups in total. The molecule has 0 rings (SSSR count). The highest BCUT2D eigenvalue weighted by molar-refractivity contribution is 6.64. The molecule has 0 unspecified atom stereocenters. The van der Waals surface area contributed by atoms with E-state index in [0.717, 1.165) is 26.1 Å². The Kier molecular flexibility index (Phi) is 18.1. The Morgan fingerprint density at radius 2 is 0.880 bits per heavy atom. The molecule has 3 heteroatoms. The molecule has 0 heterocycles. The summed E-state index contributed by atoms with van der Waals surface area (Å²) in [6.45, 7) is 13.6. The van der Waals surface area contributed by atoms with E-state index in [4.69, 9.17) is 8.85 Å². The van der Waals surface area contributed by atoms with Gasteiger partial charge in [0.05, 0.1) is 0 Å². The number of hydrogen-bond donors (Lipinski definition) is 0. The fraction of sp³-hybridized carbons (Fsp3) is 0.818. The maximum atomic E-state index is 6.04. The quantitative estimate of drug-likeness (QED) is 0.125. The molecule has 148 valence electrons. The van der Waals surface area contributed by atoms with Gasteiger partial charge in [0, 0.05) is 13.2 Å². The lowest BCUT2D eigenvalue weighted by Crippen LogP contribution is -2.35. The summed E-state index contributed by atoms with van der Waals surface area (Å²) in [4.78, 5) is 0. The molecule has 0 atom stereocenters. The van der Waals surface area contributed by atoms with E-state index in [-0.39, 0.29) is 0 Å². The van der Waals surface area contributed by atoms with Gasteiger partial charge < -0.3 is 8.85 Å². The van der Waals surface area contributed by atoms with Crippen LogP contribution in [0.5, 0.6) is 0 Å². The van der Waals surface area contributed by atoms with Crippen LogP contribution in [0.25, 0.3) is 0 Å². The van der Waals surface area contributed by atoms with Crippen molar-refractivity contribution in [2.75, 3.05) is 13.2 Å². The highest BCUT2D eigenvalue weighted by Gasteiger charge is 2.23. The van der Waals surface area contributed by atoms with E-state index in [1.165, 1.54) is 77.0 Å². The van der Waals surface area contributed by atoms with E-state index in [1.54, 1.807) is 0 Å². The molecule has 0 amide bonds. The van der Waals surface area contributed by atoms with Gasteiger partial charge in [-0.2, -0.15) is 0 Å². The maximum absolute atomic E-state index is 6.04. The van der Waals surface area contributed by atoms with Gasteiger partial charge in [-0.25, -0.2) is 0 Å². The lowest BCUT2D eigenvalue weighted by Gasteiger charge is -2.23. The molecular weight excluding hydrogens is 324 g/mol. The highest BCUT2D eigenvalue weighted by Crippen LogP contribution is 2.12. The molecule has 0 aromatic heterocycles. The second-order valence-corrected chi connectivity index (χ2v) is 10.9. The molecule has 0 saturated heterocycles. The monoisotopic (exact) mass is 368 g/mol. The first kappa shape index (κ1) is 24.6. The van der Waals surface area contributed by atoms with Gasteiger partial charge in [-0.1, -0.05) is 63.5 Å². The third kappa shape index (κ3) is 19.8. The Morgan fingerprint density at radius 1 is 0.560 bits per heavy atom. The van der Waals surface area contributed by atoms with E-state index >= 15 is 0 Å². The lowest BCUT2D eigenvalue weighted by molar-refractivity contribution is 0.172. The Morgan fingerprint density at radius 3 is 1.24 bits per heavy atom. The summed E-state index contributed by atoms with van der Waals surface area (Å²) in [6, 6.07) is 0. The van der Waals surface area contributed by atoms with Crippen molar-refractivity contribution in [3.05, 3.63) is 25.3 Å². The molecule has 0 bridgehead atoms. The Balaban J connectivity index is 3.34. The van der Waals surface area contributed by atoms with Crippen LogP contribution in [0.1, 0.15) is 89.9 Å². The summed E-state index contributed by atoms with van der Waals surface area (Å²) < 4.78 is 12.1. The van der Waals surface area contributed by atoms with Crippen LogP contribution >= 0.6 is 0 Å². The van der Waals surface area contributed by atoms with Gasteiger partial charge in [0.1, 0.15) is 0 Å². The standard InChI is InChI=1S/C22H44O2Si/c1-5-7-9-11-13-15-17-19-21-23-25(3,4)24-22-20-18-16-14-12-10-8-6-2/h5-6H,1-2,7-22H2,3-4H3. The van der Waals surface area contributed by atoms with Crippen LogP contribution in [-0.2, 0) is 8.85 Å². The topological polar surface area (TPSA) is 18.5 Å². The minimum Gasteiger partial charge on any atom is -0.395 e. The predicted octanol–water partition coefficient (Wildman–Crippen LogP) is 7.55. The van der Waals surface area contributed by atoms with Crippen LogP contribution in [0.3, 0.4) is 0 Å². The van der Waals surface area contributed by atoms with Gasteiger partial charge in [-0.05, 0) is 51.6 Å². The van der Waals surface area contributed by atoms with Gasteiger partial charge in [-0.3, -0.25) is 0 Å². The van der Waals surface area contributed by atoms with E-state index in [1.807, 2.05) is 12.2 Å². The molecule has 0 aliphatic heterocycles. The van der Waals surface area contributed by atoms with Gasteiger partial charge in [-0.15, -0.1) is 13.2 Å². The molecule has 0 aromatic carbocycles. The first-order valence-electron chi connectivity index (χ1n) is 10.6. The smallest absolute Gasteiger partial charge is 0.331 e. The molecule has 0 saturated carbocycles. The summed E-state index contributed by atoms with van der Waals surface area (Å²) in [5.41, 5.74) is 0. The van der Waals surface area contributed by atoms with Crippen LogP contribution in [-0.4, -0.2) is 21.8 Å². The molecule has 0 aromatic rings. The fourth-order valence-corrected chi connectivity index (χ4v) is 4.23. The predicted molar refractivity (Wildman–Crippen MR) is 114 cm³/mol. The molecule has 25 heavy (non-hydrogen) atoms. The lowest BCUT2D eigenvalue weighted by atomic mass is 10.1. The molecule has 0 radical (unpaired) electrons. The molecular formula is C22H44O2Si. The summed E-state index contributed by atoms with van der Waals surface area (Å²) in [5, 5.41) is 0.